The summed E-state index contributed by atoms with van der Waals surface area (Å²) in [6, 6.07) is 14.0. The third kappa shape index (κ3) is 10.4. The molecule has 0 spiro atoms. The number of aliphatic hydroxyl groups is 1. The minimum Gasteiger partial charge on any atom is -0.497 e. The molecule has 0 radical (unpaired) electrons. The van der Waals surface area contributed by atoms with E-state index in [4.69, 9.17) is 15.2 Å². The number of amides is 2. The van der Waals surface area contributed by atoms with Gasteiger partial charge in [0.05, 0.1) is 20.3 Å². The van der Waals surface area contributed by atoms with Crippen LogP contribution in [0.5, 0.6) is 11.5 Å². The maximum absolute atomic E-state index is 13.5. The molecule has 2 amide bonds. The minimum atomic E-state index is -0.657. The van der Waals surface area contributed by atoms with Crippen LogP contribution >= 0.6 is 12.4 Å². The van der Waals surface area contributed by atoms with Crippen LogP contribution in [0.25, 0.3) is 0 Å². The maximum atomic E-state index is 13.5. The van der Waals surface area contributed by atoms with Gasteiger partial charge in [0.2, 0.25) is 11.8 Å². The van der Waals surface area contributed by atoms with Gasteiger partial charge in [-0.2, -0.15) is 0 Å². The fourth-order valence-corrected chi connectivity index (χ4v) is 3.86. The summed E-state index contributed by atoms with van der Waals surface area (Å²) in [5, 5.41) is 12.4. The topological polar surface area (TPSA) is 114 Å². The molecular weight excluding hydrogens is 482 g/mol. The van der Waals surface area contributed by atoms with Crippen LogP contribution in [0.4, 0.5) is 0 Å². The summed E-state index contributed by atoms with van der Waals surface area (Å²) in [7, 11) is 3.16. The zero-order chi connectivity index (χ0) is 25.8. The molecule has 0 heterocycles. The van der Waals surface area contributed by atoms with E-state index in [-0.39, 0.29) is 49.6 Å². The highest BCUT2D eigenvalue weighted by molar-refractivity contribution is 5.85. The standard InChI is InChI=1S/C27H39N3O5.ClH/c1-19(2)12-25(28)27(33)29-22(10-11-31)15-26(32)30(17-20-8-6-5-7-9-20)18-21-13-23(34-3)16-24(14-21)35-4;/h5-9,13-14,16,19,22,25,31H,10-12,15,17-18,28H2,1-4H3,(H,29,33);1H/t22?,25-;/m0./s1. The number of nitrogens with zero attached hydrogens (tertiary/aromatic N) is 1. The summed E-state index contributed by atoms with van der Waals surface area (Å²) in [4.78, 5) is 27.8. The Hall–Kier alpha value is -2.81. The number of benzene rings is 2. The lowest BCUT2D eigenvalue weighted by Crippen LogP contribution is -2.48. The zero-order valence-electron chi connectivity index (χ0n) is 21.6. The second-order valence-corrected chi connectivity index (χ2v) is 9.11. The Morgan fingerprint density at radius 2 is 1.58 bits per heavy atom. The molecule has 2 aromatic carbocycles. The molecule has 0 fully saturated rings. The lowest BCUT2D eigenvalue weighted by molar-refractivity contribution is -0.133. The zero-order valence-corrected chi connectivity index (χ0v) is 22.4. The molecule has 0 aromatic heterocycles. The fraction of sp³-hybridized carbons (Fsp3) is 0.481. The summed E-state index contributed by atoms with van der Waals surface area (Å²) in [6.07, 6.45) is 0.857. The van der Waals surface area contributed by atoms with Gasteiger partial charge in [-0.1, -0.05) is 44.2 Å². The molecule has 0 saturated carbocycles. The smallest absolute Gasteiger partial charge is 0.237 e. The van der Waals surface area contributed by atoms with E-state index >= 15 is 0 Å². The van der Waals surface area contributed by atoms with Gasteiger partial charge in [-0.15, -0.1) is 12.4 Å². The van der Waals surface area contributed by atoms with Crippen LogP contribution in [0.1, 0.15) is 44.2 Å². The monoisotopic (exact) mass is 521 g/mol. The molecule has 8 nitrogen and oxygen atoms in total. The Balaban J connectivity index is 0.00000648. The highest BCUT2D eigenvalue weighted by atomic mass is 35.5. The molecule has 2 rings (SSSR count). The lowest BCUT2D eigenvalue weighted by atomic mass is 10.0. The van der Waals surface area contributed by atoms with Gasteiger partial charge in [0.1, 0.15) is 11.5 Å². The number of nitrogens with one attached hydrogen (secondary N) is 1. The summed E-state index contributed by atoms with van der Waals surface area (Å²) < 4.78 is 10.8. The van der Waals surface area contributed by atoms with Gasteiger partial charge in [0.15, 0.2) is 0 Å². The van der Waals surface area contributed by atoms with Gasteiger partial charge in [-0.05, 0) is 42.0 Å². The van der Waals surface area contributed by atoms with Gasteiger partial charge in [0.25, 0.3) is 0 Å². The molecule has 1 unspecified atom stereocenters. The number of rotatable bonds is 14. The molecular formula is C27H40ClN3O5. The molecule has 2 aromatic rings. The van der Waals surface area contributed by atoms with E-state index in [9.17, 15) is 14.7 Å². The van der Waals surface area contributed by atoms with Crippen molar-refractivity contribution in [1.82, 2.24) is 10.2 Å². The van der Waals surface area contributed by atoms with E-state index < -0.39 is 12.1 Å². The molecule has 0 aliphatic carbocycles. The van der Waals surface area contributed by atoms with Gasteiger partial charge < -0.3 is 30.5 Å². The first kappa shape index (κ1) is 31.2. The molecule has 0 bridgehead atoms. The van der Waals surface area contributed by atoms with E-state index in [0.717, 1.165) is 11.1 Å². The minimum absolute atomic E-state index is 0. The summed E-state index contributed by atoms with van der Waals surface area (Å²) in [5.41, 5.74) is 7.86. The van der Waals surface area contributed by atoms with Crippen LogP contribution in [-0.4, -0.2) is 54.7 Å². The number of hydrogen-bond donors (Lipinski definition) is 3. The van der Waals surface area contributed by atoms with Crippen molar-refractivity contribution < 1.29 is 24.2 Å². The largest absolute Gasteiger partial charge is 0.497 e. The van der Waals surface area contributed by atoms with E-state index in [1.165, 1.54) is 0 Å². The Bertz CT molecular complexity index is 920. The molecule has 0 aliphatic heterocycles. The average molecular weight is 522 g/mol. The third-order valence-corrected chi connectivity index (χ3v) is 5.66. The average Bonchev–Trinajstić information content (AvgIpc) is 2.83. The second-order valence-electron chi connectivity index (χ2n) is 9.11. The number of carbonyl (C=O) groups is 2. The third-order valence-electron chi connectivity index (χ3n) is 5.66. The van der Waals surface area contributed by atoms with Crippen LogP contribution in [0, 0.1) is 5.92 Å². The van der Waals surface area contributed by atoms with Crippen molar-refractivity contribution in [3.05, 3.63) is 59.7 Å². The molecule has 36 heavy (non-hydrogen) atoms. The summed E-state index contributed by atoms with van der Waals surface area (Å²) in [5.74, 6) is 1.09. The number of ether oxygens (including phenoxy) is 2. The SMILES string of the molecule is COc1cc(CN(Cc2ccccc2)C(=O)CC(CCO)NC(=O)[C@@H](N)CC(C)C)cc(OC)c1.Cl. The second kappa shape index (κ2) is 16.0. The number of hydrogen-bond acceptors (Lipinski definition) is 6. The van der Waals surface area contributed by atoms with Gasteiger partial charge in [-0.25, -0.2) is 0 Å². The van der Waals surface area contributed by atoms with Crippen molar-refractivity contribution >= 4 is 24.2 Å². The number of halogens is 1. The van der Waals surface area contributed by atoms with E-state index in [2.05, 4.69) is 5.32 Å². The predicted octanol–water partition coefficient (Wildman–Crippen LogP) is 3.29. The van der Waals surface area contributed by atoms with E-state index in [1.54, 1.807) is 25.2 Å². The molecule has 9 heteroatoms. The maximum Gasteiger partial charge on any atom is 0.237 e. The van der Waals surface area contributed by atoms with E-state index in [1.807, 2.05) is 56.3 Å². The summed E-state index contributed by atoms with van der Waals surface area (Å²) >= 11 is 0. The first-order valence-electron chi connectivity index (χ1n) is 12.0. The van der Waals surface area contributed by atoms with Crippen molar-refractivity contribution in [1.29, 1.82) is 0 Å². The first-order chi connectivity index (χ1) is 16.7. The first-order valence-corrected chi connectivity index (χ1v) is 12.0. The van der Waals surface area contributed by atoms with Crippen LogP contribution in [0.15, 0.2) is 48.5 Å². The number of methoxy groups -OCH3 is 2. The normalized spacial score (nSPS) is 12.3. The Morgan fingerprint density at radius 1 is 1.00 bits per heavy atom. The van der Waals surface area contributed by atoms with Gasteiger partial charge >= 0.3 is 0 Å². The molecule has 0 saturated heterocycles. The molecule has 200 valence electrons. The van der Waals surface area contributed by atoms with Crippen LogP contribution in [0.3, 0.4) is 0 Å². The lowest BCUT2D eigenvalue weighted by Gasteiger charge is -2.27. The van der Waals surface area contributed by atoms with Gasteiger partial charge in [0, 0.05) is 38.2 Å². The van der Waals surface area contributed by atoms with Crippen molar-refractivity contribution in [2.45, 2.75) is 58.3 Å². The molecule has 0 aliphatic rings. The van der Waals surface area contributed by atoms with Crippen molar-refractivity contribution in [3.8, 4) is 11.5 Å². The number of carbonyl (C=O) groups excluding carboxylic acids is 2. The quantitative estimate of drug-likeness (QED) is 0.351. The van der Waals surface area contributed by atoms with Crippen molar-refractivity contribution in [2.75, 3.05) is 20.8 Å². The Morgan fingerprint density at radius 3 is 2.11 bits per heavy atom. The highest BCUT2D eigenvalue weighted by Crippen LogP contribution is 2.24. The Kier molecular flexibility index (Phi) is 13.9. The van der Waals surface area contributed by atoms with Crippen LogP contribution < -0.4 is 20.5 Å². The molecule has 2 atom stereocenters. The Labute approximate surface area is 220 Å². The number of aliphatic hydroxyl groups excluding tert-OH is 1. The van der Waals surface area contributed by atoms with Crippen molar-refractivity contribution in [2.24, 2.45) is 11.7 Å². The number of nitrogens with two attached hydrogens (primary N) is 1. The van der Waals surface area contributed by atoms with Gasteiger partial charge in [-0.3, -0.25) is 9.59 Å². The molecule has 4 N–H and O–H groups in total. The van der Waals surface area contributed by atoms with Crippen LogP contribution in [0.2, 0.25) is 0 Å². The van der Waals surface area contributed by atoms with Crippen molar-refractivity contribution in [3.63, 3.8) is 0 Å². The fourth-order valence-electron chi connectivity index (χ4n) is 3.86. The van der Waals surface area contributed by atoms with Crippen LogP contribution in [-0.2, 0) is 22.7 Å². The predicted molar refractivity (Wildman–Crippen MR) is 143 cm³/mol. The highest BCUT2D eigenvalue weighted by Gasteiger charge is 2.24. The van der Waals surface area contributed by atoms with E-state index in [0.29, 0.717) is 31.0 Å². The summed E-state index contributed by atoms with van der Waals surface area (Å²) in [6.45, 7) is 4.57.